The van der Waals surface area contributed by atoms with E-state index in [2.05, 4.69) is 15.3 Å². The fourth-order valence-corrected chi connectivity index (χ4v) is 4.74. The number of pyridine rings is 2. The van der Waals surface area contributed by atoms with E-state index in [-0.39, 0.29) is 34.7 Å². The van der Waals surface area contributed by atoms with Crippen LogP contribution in [0.15, 0.2) is 48.7 Å². The first-order valence-electron chi connectivity index (χ1n) is 11.7. The number of nitrogens with zero attached hydrogens (tertiary/aromatic N) is 4. The number of alkyl halides is 3. The second-order valence-corrected chi connectivity index (χ2v) is 9.36. The number of aromatic nitrogens is 2. The van der Waals surface area contributed by atoms with Crippen molar-refractivity contribution >= 4 is 35.0 Å². The van der Waals surface area contributed by atoms with Gasteiger partial charge in [0.1, 0.15) is 24.3 Å². The highest BCUT2D eigenvalue weighted by molar-refractivity contribution is 6.33. The summed E-state index contributed by atoms with van der Waals surface area (Å²) in [5.74, 6) is 0.873. The average molecular weight is 550 g/mol. The Labute approximate surface area is 220 Å². The molecule has 2 aliphatic rings. The fraction of sp³-hybridized carbons (Fsp3) is 0.320. The molecule has 2 aromatic heterocycles. The monoisotopic (exact) mass is 549 g/mol. The molecule has 2 amide bonds. The summed E-state index contributed by atoms with van der Waals surface area (Å²) in [7, 11) is 0. The van der Waals surface area contributed by atoms with Crippen molar-refractivity contribution in [3.63, 3.8) is 0 Å². The van der Waals surface area contributed by atoms with Crippen molar-refractivity contribution in [2.75, 3.05) is 41.4 Å². The number of fused-ring (bicyclic) bond motifs is 4. The standard InChI is InChI=1S/C25H23ClF3N5O4/c26-19-9-20-23(32-22(19)14-2-1-3-15(8-14)25(27,28)29)34(16-6-7-33(20)11-16)24(37)31-21-5-4-18(10-30-21)38-13-17(36)12-35/h1-5,8-10,16-17,35-36H,6-7,11-13H2,(H,30,31,37)/t16?,17-/m1/s1. The molecule has 5 rings (SSSR count). The molecule has 2 aliphatic heterocycles. The number of nitrogens with one attached hydrogen (secondary N) is 1. The zero-order valence-corrected chi connectivity index (χ0v) is 20.6. The van der Waals surface area contributed by atoms with Gasteiger partial charge in [-0.15, -0.1) is 0 Å². The lowest BCUT2D eigenvalue weighted by molar-refractivity contribution is -0.137. The minimum atomic E-state index is -4.53. The van der Waals surface area contributed by atoms with Gasteiger partial charge in [-0.05, 0) is 36.8 Å². The van der Waals surface area contributed by atoms with E-state index in [1.165, 1.54) is 29.3 Å². The number of amides is 2. The number of anilines is 3. The number of benzene rings is 1. The van der Waals surface area contributed by atoms with Crippen LogP contribution in [0.2, 0.25) is 5.02 Å². The molecule has 200 valence electrons. The Morgan fingerprint density at radius 3 is 2.79 bits per heavy atom. The van der Waals surface area contributed by atoms with Crippen LogP contribution < -0.4 is 19.9 Å². The summed E-state index contributed by atoms with van der Waals surface area (Å²) in [6, 6.07) is 8.74. The number of halogens is 4. The number of carbonyl (C=O) groups excluding carboxylic acids is 1. The largest absolute Gasteiger partial charge is 0.489 e. The van der Waals surface area contributed by atoms with E-state index < -0.39 is 30.5 Å². The number of rotatable bonds is 6. The highest BCUT2D eigenvalue weighted by atomic mass is 35.5. The van der Waals surface area contributed by atoms with Crippen molar-refractivity contribution in [2.45, 2.75) is 24.7 Å². The summed E-state index contributed by atoms with van der Waals surface area (Å²) in [6.45, 7) is 0.683. The molecule has 0 saturated carbocycles. The maximum atomic E-state index is 13.4. The molecular formula is C25H23ClF3N5O4. The summed E-state index contributed by atoms with van der Waals surface area (Å²) in [5.41, 5.74) is 0.119. The topological polar surface area (TPSA) is 111 Å². The Morgan fingerprint density at radius 2 is 2.08 bits per heavy atom. The molecule has 3 aromatic rings. The van der Waals surface area contributed by atoms with E-state index in [1.807, 2.05) is 4.90 Å². The third kappa shape index (κ3) is 5.19. The van der Waals surface area contributed by atoms with Crippen molar-refractivity contribution in [3.05, 3.63) is 59.2 Å². The second kappa shape index (κ2) is 10.3. The van der Waals surface area contributed by atoms with Crippen LogP contribution in [0.5, 0.6) is 5.75 Å². The van der Waals surface area contributed by atoms with Crippen molar-refractivity contribution in [1.29, 1.82) is 0 Å². The van der Waals surface area contributed by atoms with Crippen LogP contribution in [0.4, 0.5) is 35.3 Å². The van der Waals surface area contributed by atoms with Gasteiger partial charge in [-0.3, -0.25) is 10.2 Å². The summed E-state index contributed by atoms with van der Waals surface area (Å²) >= 11 is 6.48. The van der Waals surface area contributed by atoms with Gasteiger partial charge in [0.25, 0.3) is 0 Å². The Hall–Kier alpha value is -3.61. The zero-order valence-electron chi connectivity index (χ0n) is 19.8. The molecule has 3 N–H and O–H groups in total. The molecule has 1 saturated heterocycles. The zero-order chi connectivity index (χ0) is 27.0. The predicted molar refractivity (Wildman–Crippen MR) is 135 cm³/mol. The maximum Gasteiger partial charge on any atom is 0.416 e. The van der Waals surface area contributed by atoms with Crippen LogP contribution in [0.1, 0.15) is 12.0 Å². The van der Waals surface area contributed by atoms with Crippen LogP contribution in [0.3, 0.4) is 0 Å². The lowest BCUT2D eigenvalue weighted by atomic mass is 10.1. The van der Waals surface area contributed by atoms with E-state index in [0.717, 1.165) is 12.1 Å². The van der Waals surface area contributed by atoms with Crippen molar-refractivity contribution in [2.24, 2.45) is 0 Å². The molecule has 1 fully saturated rings. The number of aliphatic hydroxyl groups excluding tert-OH is 2. The number of aliphatic hydroxyl groups is 2. The highest BCUT2D eigenvalue weighted by Crippen LogP contribution is 2.43. The molecule has 0 spiro atoms. The van der Waals surface area contributed by atoms with Gasteiger partial charge in [0.2, 0.25) is 0 Å². The van der Waals surface area contributed by atoms with Gasteiger partial charge in [-0.25, -0.2) is 14.8 Å². The average Bonchev–Trinajstić information content (AvgIpc) is 3.32. The normalized spacial score (nSPS) is 17.3. The first-order valence-corrected chi connectivity index (χ1v) is 12.1. The molecule has 0 aliphatic carbocycles. The van der Waals surface area contributed by atoms with Gasteiger partial charge in [0.05, 0.1) is 40.8 Å². The minimum absolute atomic E-state index is 0.116. The van der Waals surface area contributed by atoms with Gasteiger partial charge >= 0.3 is 12.2 Å². The van der Waals surface area contributed by atoms with Gasteiger partial charge in [-0.1, -0.05) is 23.7 Å². The fourth-order valence-electron chi connectivity index (χ4n) is 4.49. The quantitative estimate of drug-likeness (QED) is 0.423. The van der Waals surface area contributed by atoms with E-state index in [4.69, 9.17) is 21.4 Å². The first-order chi connectivity index (χ1) is 18.1. The third-order valence-corrected chi connectivity index (χ3v) is 6.63. The Bertz CT molecular complexity index is 1340. The maximum absolute atomic E-state index is 13.4. The van der Waals surface area contributed by atoms with E-state index in [0.29, 0.717) is 36.8 Å². The molecular weight excluding hydrogens is 527 g/mol. The smallest absolute Gasteiger partial charge is 0.416 e. The molecule has 1 aromatic carbocycles. The lowest BCUT2D eigenvalue weighted by Gasteiger charge is -2.36. The van der Waals surface area contributed by atoms with Crippen molar-refractivity contribution in [3.8, 4) is 17.0 Å². The lowest BCUT2D eigenvalue weighted by Crippen LogP contribution is -2.48. The number of hydrogen-bond acceptors (Lipinski definition) is 7. The van der Waals surface area contributed by atoms with Crippen molar-refractivity contribution in [1.82, 2.24) is 9.97 Å². The Balaban J connectivity index is 1.43. The Kier molecular flexibility index (Phi) is 7.03. The van der Waals surface area contributed by atoms with E-state index in [9.17, 15) is 23.1 Å². The number of hydrogen-bond donors (Lipinski definition) is 3. The van der Waals surface area contributed by atoms with Gasteiger partial charge in [0, 0.05) is 18.7 Å². The molecule has 4 heterocycles. The van der Waals surface area contributed by atoms with Gasteiger partial charge < -0.3 is 19.8 Å². The van der Waals surface area contributed by atoms with Crippen LogP contribution in [-0.4, -0.2) is 64.7 Å². The molecule has 0 radical (unpaired) electrons. The second-order valence-electron chi connectivity index (χ2n) is 8.96. The summed E-state index contributed by atoms with van der Waals surface area (Å²) in [4.78, 5) is 25.7. The van der Waals surface area contributed by atoms with Gasteiger partial charge in [-0.2, -0.15) is 13.2 Å². The van der Waals surface area contributed by atoms with Gasteiger partial charge in [0.15, 0.2) is 5.82 Å². The van der Waals surface area contributed by atoms with E-state index in [1.54, 1.807) is 12.1 Å². The molecule has 1 unspecified atom stereocenters. The third-order valence-electron chi connectivity index (χ3n) is 6.34. The van der Waals surface area contributed by atoms with Crippen LogP contribution in [-0.2, 0) is 6.18 Å². The SMILES string of the molecule is O=C(Nc1ccc(OC[C@H](O)CO)cn1)N1c2nc(-c3cccc(C(F)(F)F)c3)c(Cl)cc2N2CCC1C2. The molecule has 9 nitrogen and oxygen atoms in total. The summed E-state index contributed by atoms with van der Waals surface area (Å²) in [6.07, 6.45) is -3.51. The number of carbonyl (C=O) groups is 1. The molecule has 2 bridgehead atoms. The van der Waals surface area contributed by atoms with Crippen LogP contribution in [0.25, 0.3) is 11.3 Å². The van der Waals surface area contributed by atoms with Crippen LogP contribution >= 0.6 is 11.6 Å². The minimum Gasteiger partial charge on any atom is -0.489 e. The van der Waals surface area contributed by atoms with Crippen molar-refractivity contribution < 1.29 is 32.9 Å². The number of urea groups is 1. The van der Waals surface area contributed by atoms with E-state index >= 15 is 0 Å². The first kappa shape index (κ1) is 26.0. The summed E-state index contributed by atoms with van der Waals surface area (Å²) < 4.78 is 45.2. The Morgan fingerprint density at radius 1 is 1.26 bits per heavy atom. The molecule has 13 heteroatoms. The number of ether oxygens (including phenoxy) is 1. The predicted octanol–water partition coefficient (Wildman–Crippen LogP) is 4.18. The van der Waals surface area contributed by atoms with Crippen LogP contribution in [0, 0.1) is 0 Å². The molecule has 38 heavy (non-hydrogen) atoms. The summed E-state index contributed by atoms with van der Waals surface area (Å²) in [5, 5.41) is 21.2. The molecule has 2 atom stereocenters. The highest BCUT2D eigenvalue weighted by Gasteiger charge is 2.41.